The van der Waals surface area contributed by atoms with Crippen molar-refractivity contribution in [3.8, 4) is 0 Å². The molecule has 0 aliphatic heterocycles. The molecule has 0 aliphatic carbocycles. The number of halogens is 1. The summed E-state index contributed by atoms with van der Waals surface area (Å²) in [5, 5.41) is 2.77. The fraction of sp³-hybridized carbons (Fsp3) is 0.118. The van der Waals surface area contributed by atoms with Crippen molar-refractivity contribution in [2.75, 3.05) is 0 Å². The van der Waals surface area contributed by atoms with Gasteiger partial charge in [-0.3, -0.25) is 0 Å². The molecule has 0 aliphatic rings. The zero-order chi connectivity index (χ0) is 17.0. The van der Waals surface area contributed by atoms with Crippen LogP contribution in [0.3, 0.4) is 0 Å². The molecule has 1 aromatic heterocycles. The standard InChI is InChI=1S/C17H15FN2O2S2/c18-14-6-8-16(9-7-14)24(21,22)19-11-15-12-23-17(20-15)10-13-4-2-1-3-5-13/h1-9,12,19H,10-11H2. The predicted molar refractivity (Wildman–Crippen MR) is 91.8 cm³/mol. The average Bonchev–Trinajstić information content (AvgIpc) is 3.02. The second kappa shape index (κ2) is 7.21. The van der Waals surface area contributed by atoms with Crippen LogP contribution in [0.5, 0.6) is 0 Å². The van der Waals surface area contributed by atoms with Crippen molar-refractivity contribution in [3.63, 3.8) is 0 Å². The third-order valence-electron chi connectivity index (χ3n) is 3.36. The van der Waals surface area contributed by atoms with Crippen molar-refractivity contribution in [1.29, 1.82) is 0 Å². The highest BCUT2D eigenvalue weighted by molar-refractivity contribution is 7.89. The van der Waals surface area contributed by atoms with E-state index in [0.29, 0.717) is 5.69 Å². The zero-order valence-electron chi connectivity index (χ0n) is 12.6. The van der Waals surface area contributed by atoms with Crippen LogP contribution in [0, 0.1) is 5.82 Å². The van der Waals surface area contributed by atoms with Crippen LogP contribution in [0.2, 0.25) is 0 Å². The maximum atomic E-state index is 12.9. The van der Waals surface area contributed by atoms with Gasteiger partial charge in [0.2, 0.25) is 10.0 Å². The highest BCUT2D eigenvalue weighted by Gasteiger charge is 2.14. The van der Waals surface area contributed by atoms with Gasteiger partial charge in [0.1, 0.15) is 5.82 Å². The third-order valence-corrected chi connectivity index (χ3v) is 5.68. The van der Waals surface area contributed by atoms with Crippen LogP contribution in [0.15, 0.2) is 64.9 Å². The Morgan fingerprint density at radius 1 is 1.04 bits per heavy atom. The second-order valence-corrected chi connectivity index (χ2v) is 7.88. The molecule has 7 heteroatoms. The van der Waals surface area contributed by atoms with Gasteiger partial charge in [-0.2, -0.15) is 0 Å². The molecule has 24 heavy (non-hydrogen) atoms. The van der Waals surface area contributed by atoms with Crippen LogP contribution in [0.4, 0.5) is 4.39 Å². The van der Waals surface area contributed by atoms with Gasteiger partial charge in [-0.15, -0.1) is 11.3 Å². The molecular weight excluding hydrogens is 347 g/mol. The maximum Gasteiger partial charge on any atom is 0.240 e. The van der Waals surface area contributed by atoms with Gasteiger partial charge in [0, 0.05) is 11.8 Å². The van der Waals surface area contributed by atoms with E-state index in [0.717, 1.165) is 29.1 Å². The summed E-state index contributed by atoms with van der Waals surface area (Å²) in [6.45, 7) is 0.102. The number of sulfonamides is 1. The molecule has 0 spiro atoms. The minimum atomic E-state index is -3.68. The highest BCUT2D eigenvalue weighted by Crippen LogP contribution is 2.16. The van der Waals surface area contributed by atoms with Gasteiger partial charge < -0.3 is 0 Å². The van der Waals surface area contributed by atoms with Crippen LogP contribution >= 0.6 is 11.3 Å². The number of nitrogens with one attached hydrogen (secondary N) is 1. The Labute approximate surface area is 144 Å². The lowest BCUT2D eigenvalue weighted by Gasteiger charge is -2.05. The number of rotatable bonds is 6. The smallest absolute Gasteiger partial charge is 0.240 e. The molecule has 0 fully saturated rings. The topological polar surface area (TPSA) is 59.1 Å². The van der Waals surface area contributed by atoms with Crippen LogP contribution in [0.25, 0.3) is 0 Å². The van der Waals surface area contributed by atoms with Crippen molar-refractivity contribution in [2.45, 2.75) is 17.9 Å². The van der Waals surface area contributed by atoms with Crippen LogP contribution in [0.1, 0.15) is 16.3 Å². The van der Waals surface area contributed by atoms with Crippen LogP contribution < -0.4 is 4.72 Å². The van der Waals surface area contributed by atoms with E-state index < -0.39 is 15.8 Å². The number of hydrogen-bond acceptors (Lipinski definition) is 4. The van der Waals surface area contributed by atoms with Crippen LogP contribution in [-0.2, 0) is 23.0 Å². The summed E-state index contributed by atoms with van der Waals surface area (Å²) in [6.07, 6.45) is 0.718. The molecule has 3 aromatic rings. The Morgan fingerprint density at radius 2 is 1.75 bits per heavy atom. The zero-order valence-corrected chi connectivity index (χ0v) is 14.3. The van der Waals surface area contributed by atoms with E-state index in [2.05, 4.69) is 9.71 Å². The quantitative estimate of drug-likeness (QED) is 0.732. The van der Waals surface area contributed by atoms with Crippen molar-refractivity contribution in [3.05, 3.63) is 82.1 Å². The van der Waals surface area contributed by atoms with E-state index in [1.807, 2.05) is 35.7 Å². The summed E-state index contributed by atoms with van der Waals surface area (Å²) in [5.74, 6) is -0.473. The van der Waals surface area contributed by atoms with E-state index in [1.54, 1.807) is 0 Å². The summed E-state index contributed by atoms with van der Waals surface area (Å²) in [5.41, 5.74) is 1.82. The molecule has 3 rings (SSSR count). The van der Waals surface area contributed by atoms with Crippen LogP contribution in [-0.4, -0.2) is 13.4 Å². The summed E-state index contributed by atoms with van der Waals surface area (Å²) in [4.78, 5) is 4.48. The number of aromatic nitrogens is 1. The summed E-state index contributed by atoms with van der Waals surface area (Å²) >= 11 is 1.50. The van der Waals surface area contributed by atoms with Crippen molar-refractivity contribution in [1.82, 2.24) is 9.71 Å². The molecule has 0 atom stereocenters. The highest BCUT2D eigenvalue weighted by atomic mass is 32.2. The van der Waals surface area contributed by atoms with E-state index in [4.69, 9.17) is 0 Å². The van der Waals surface area contributed by atoms with Gasteiger partial charge in [0.25, 0.3) is 0 Å². The number of thiazole rings is 1. The molecule has 0 bridgehead atoms. The van der Waals surface area contributed by atoms with Gasteiger partial charge in [-0.05, 0) is 29.8 Å². The Hall–Kier alpha value is -2.09. The second-order valence-electron chi connectivity index (χ2n) is 5.17. The molecule has 0 radical (unpaired) electrons. The Kier molecular flexibility index (Phi) is 5.03. The van der Waals surface area contributed by atoms with E-state index in [1.165, 1.54) is 23.5 Å². The van der Waals surface area contributed by atoms with Crippen molar-refractivity contribution >= 4 is 21.4 Å². The molecule has 4 nitrogen and oxygen atoms in total. The van der Waals surface area contributed by atoms with Gasteiger partial charge in [-0.1, -0.05) is 30.3 Å². The SMILES string of the molecule is O=S(=O)(NCc1csc(Cc2ccccc2)n1)c1ccc(F)cc1. The first-order chi connectivity index (χ1) is 11.5. The van der Waals surface area contributed by atoms with E-state index >= 15 is 0 Å². The number of benzene rings is 2. The molecule has 1 N–H and O–H groups in total. The molecular formula is C17H15FN2O2S2. The first-order valence-electron chi connectivity index (χ1n) is 7.25. The van der Waals surface area contributed by atoms with Gasteiger partial charge >= 0.3 is 0 Å². The predicted octanol–water partition coefficient (Wildman–Crippen LogP) is 3.35. The Balaban J connectivity index is 1.64. The van der Waals surface area contributed by atoms with Crippen molar-refractivity contribution in [2.24, 2.45) is 0 Å². The normalized spacial score (nSPS) is 11.5. The molecule has 1 heterocycles. The Bertz CT molecular complexity index is 907. The van der Waals surface area contributed by atoms with Gasteiger partial charge in [0.05, 0.1) is 22.1 Å². The van der Waals surface area contributed by atoms with Gasteiger partial charge in [-0.25, -0.2) is 22.5 Å². The molecule has 124 valence electrons. The lowest BCUT2D eigenvalue weighted by Crippen LogP contribution is -2.23. The first kappa shape index (κ1) is 16.8. The van der Waals surface area contributed by atoms with E-state index in [-0.39, 0.29) is 11.4 Å². The number of hydrogen-bond donors (Lipinski definition) is 1. The Morgan fingerprint density at radius 3 is 2.46 bits per heavy atom. The third kappa shape index (κ3) is 4.25. The molecule has 0 saturated carbocycles. The van der Waals surface area contributed by atoms with Crippen molar-refractivity contribution < 1.29 is 12.8 Å². The summed E-state index contributed by atoms with van der Waals surface area (Å²) < 4.78 is 39.7. The molecule has 0 amide bonds. The minimum absolute atomic E-state index is 0.0311. The fourth-order valence-electron chi connectivity index (χ4n) is 2.15. The van der Waals surface area contributed by atoms with Gasteiger partial charge in [0.15, 0.2) is 0 Å². The molecule has 2 aromatic carbocycles. The summed E-state index contributed by atoms with van der Waals surface area (Å²) in [7, 11) is -3.68. The largest absolute Gasteiger partial charge is 0.245 e. The number of nitrogens with zero attached hydrogens (tertiary/aromatic N) is 1. The lowest BCUT2D eigenvalue weighted by atomic mass is 10.2. The molecule has 0 unspecified atom stereocenters. The molecule has 0 saturated heterocycles. The first-order valence-corrected chi connectivity index (χ1v) is 9.62. The maximum absolute atomic E-state index is 12.9. The van der Waals surface area contributed by atoms with E-state index in [9.17, 15) is 12.8 Å². The monoisotopic (exact) mass is 362 g/mol. The average molecular weight is 362 g/mol. The minimum Gasteiger partial charge on any atom is -0.245 e. The lowest BCUT2D eigenvalue weighted by molar-refractivity contribution is 0.579. The fourth-order valence-corrected chi connectivity index (χ4v) is 3.97. The summed E-state index contributed by atoms with van der Waals surface area (Å²) in [6, 6.07) is 14.7.